The van der Waals surface area contributed by atoms with Gasteiger partial charge in [-0.25, -0.2) is 0 Å². The van der Waals surface area contributed by atoms with Crippen molar-refractivity contribution in [2.75, 3.05) is 11.9 Å². The molecule has 4 aromatic carbocycles. The largest absolute Gasteiger partial charge is 0.481 e. The fourth-order valence-corrected chi connectivity index (χ4v) is 5.91. The Kier molecular flexibility index (Phi) is 12.7. The first kappa shape index (κ1) is 34.0. The van der Waals surface area contributed by atoms with E-state index in [2.05, 4.69) is 58.7 Å². The third-order valence-electron chi connectivity index (χ3n) is 8.31. The van der Waals surface area contributed by atoms with E-state index in [1.165, 1.54) is 11.1 Å². The van der Waals surface area contributed by atoms with Crippen LogP contribution in [0.25, 0.3) is 0 Å². The molecule has 4 aromatic rings. The molecule has 0 aromatic heterocycles. The van der Waals surface area contributed by atoms with Crippen LogP contribution in [0.1, 0.15) is 78.7 Å². The summed E-state index contributed by atoms with van der Waals surface area (Å²) in [6.45, 7) is 2.21. The van der Waals surface area contributed by atoms with Crippen molar-refractivity contribution in [3.05, 3.63) is 137 Å². The minimum absolute atomic E-state index is 0.0189. The summed E-state index contributed by atoms with van der Waals surface area (Å²) >= 11 is 0. The van der Waals surface area contributed by atoms with E-state index in [4.69, 9.17) is 14.6 Å². The van der Waals surface area contributed by atoms with Crippen LogP contribution in [0.5, 0.6) is 0 Å². The van der Waals surface area contributed by atoms with Gasteiger partial charge in [0.2, 0.25) is 5.91 Å². The molecule has 1 aliphatic rings. The van der Waals surface area contributed by atoms with Gasteiger partial charge in [0, 0.05) is 50.1 Å². The maximum absolute atomic E-state index is 12.6. The van der Waals surface area contributed by atoms with Crippen LogP contribution in [0.15, 0.2) is 109 Å². The molecule has 1 saturated heterocycles. The quantitative estimate of drug-likeness (QED) is 0.110. The maximum atomic E-state index is 12.6. The van der Waals surface area contributed by atoms with Gasteiger partial charge in [-0.1, -0.05) is 103 Å². The van der Waals surface area contributed by atoms with Crippen molar-refractivity contribution in [3.8, 4) is 0 Å². The molecule has 8 nitrogen and oxygen atoms in total. The smallest absolute Gasteiger partial charge is 0.303 e. The van der Waals surface area contributed by atoms with E-state index in [1.807, 2.05) is 60.7 Å². The van der Waals surface area contributed by atoms with Crippen LogP contribution in [0, 0.1) is 0 Å². The molecule has 5 rings (SSSR count). The van der Waals surface area contributed by atoms with Crippen molar-refractivity contribution in [2.24, 2.45) is 0 Å². The summed E-state index contributed by atoms with van der Waals surface area (Å²) in [6, 6.07) is 36.3. The molecule has 0 saturated carbocycles. The first-order valence-electron chi connectivity index (χ1n) is 16.4. The summed E-state index contributed by atoms with van der Waals surface area (Å²) in [5.74, 6) is -0.926. The number of hydrogen-bond donors (Lipinski definition) is 3. The molecule has 246 valence electrons. The number of carboxylic acids is 1. The van der Waals surface area contributed by atoms with E-state index in [1.54, 1.807) is 0 Å². The average Bonchev–Trinajstić information content (AvgIpc) is 3.09. The number of aliphatic hydroxyl groups excluding tert-OH is 1. The number of nitrogens with zero attached hydrogens (tertiary/aromatic N) is 1. The summed E-state index contributed by atoms with van der Waals surface area (Å²) in [6.07, 6.45) is 1.96. The molecular weight excluding hydrogens is 592 g/mol. The van der Waals surface area contributed by atoms with E-state index in [0.717, 1.165) is 29.8 Å². The minimum atomic E-state index is -0.815. The van der Waals surface area contributed by atoms with Crippen molar-refractivity contribution >= 4 is 17.6 Å². The predicted octanol–water partition coefficient (Wildman–Crippen LogP) is 7.40. The fourth-order valence-electron chi connectivity index (χ4n) is 5.91. The zero-order chi connectivity index (χ0) is 32.8. The number of hydrogen-bond acceptors (Lipinski definition) is 6. The van der Waals surface area contributed by atoms with Gasteiger partial charge in [-0.15, -0.1) is 0 Å². The predicted molar refractivity (Wildman–Crippen MR) is 181 cm³/mol. The number of aliphatic hydroxyl groups is 1. The van der Waals surface area contributed by atoms with Crippen LogP contribution < -0.4 is 5.32 Å². The number of carboxylic acid groups (broad SMARTS) is 1. The second-order valence-corrected chi connectivity index (χ2v) is 12.1. The topological polar surface area (TPSA) is 108 Å². The van der Waals surface area contributed by atoms with Crippen LogP contribution in [-0.2, 0) is 38.8 Å². The number of amides is 1. The molecule has 3 unspecified atom stereocenters. The monoisotopic (exact) mass is 636 g/mol. The Morgan fingerprint density at radius 3 is 2.02 bits per heavy atom. The van der Waals surface area contributed by atoms with Crippen molar-refractivity contribution in [2.45, 2.75) is 76.7 Å². The first-order valence-corrected chi connectivity index (χ1v) is 16.4. The standard InChI is InChI=1S/C39H44N2O6/c42-28-31-19-21-32(22-20-31)36-24-35(27-41(25-29-11-4-1-5-12-29)26-30-13-6-2-7-14-30)46-39(47-36)33-15-10-16-34(23-33)40-37(43)17-8-3-9-18-38(44)45/h1-2,4-7,10-16,19-23,35-36,39,42H,3,8-9,17-18,24-28H2,(H,40,43)(H,44,45). The first-order chi connectivity index (χ1) is 22.9. The van der Waals surface area contributed by atoms with E-state index in [0.29, 0.717) is 44.3 Å². The Hall–Kier alpha value is -4.34. The summed E-state index contributed by atoms with van der Waals surface area (Å²) in [5.41, 5.74) is 5.79. The van der Waals surface area contributed by atoms with Gasteiger partial charge in [-0.2, -0.15) is 0 Å². The Balaban J connectivity index is 1.32. The molecule has 0 radical (unpaired) electrons. The Labute approximate surface area is 277 Å². The van der Waals surface area contributed by atoms with Gasteiger partial charge in [0.1, 0.15) is 0 Å². The van der Waals surface area contributed by atoms with Gasteiger partial charge in [0.05, 0.1) is 18.8 Å². The van der Waals surface area contributed by atoms with Crippen LogP contribution in [-0.4, -0.2) is 39.6 Å². The fraction of sp³-hybridized carbons (Fsp3) is 0.333. The highest BCUT2D eigenvalue weighted by atomic mass is 16.7. The number of anilines is 1. The van der Waals surface area contributed by atoms with E-state index < -0.39 is 12.3 Å². The van der Waals surface area contributed by atoms with Gasteiger partial charge in [-0.05, 0) is 47.2 Å². The summed E-state index contributed by atoms with van der Waals surface area (Å²) in [7, 11) is 0. The van der Waals surface area contributed by atoms with Gasteiger partial charge in [-0.3, -0.25) is 14.5 Å². The Morgan fingerprint density at radius 1 is 0.723 bits per heavy atom. The highest BCUT2D eigenvalue weighted by Crippen LogP contribution is 2.39. The summed E-state index contributed by atoms with van der Waals surface area (Å²) < 4.78 is 13.3. The molecule has 1 amide bonds. The number of carbonyl (C=O) groups is 2. The number of nitrogens with one attached hydrogen (secondary N) is 1. The molecule has 0 spiro atoms. The molecule has 0 bridgehead atoms. The zero-order valence-electron chi connectivity index (χ0n) is 26.7. The third kappa shape index (κ3) is 10.9. The van der Waals surface area contributed by atoms with E-state index in [-0.39, 0.29) is 31.1 Å². The van der Waals surface area contributed by atoms with Crippen LogP contribution >= 0.6 is 0 Å². The average molecular weight is 637 g/mol. The third-order valence-corrected chi connectivity index (χ3v) is 8.31. The molecule has 47 heavy (non-hydrogen) atoms. The zero-order valence-corrected chi connectivity index (χ0v) is 26.7. The number of aliphatic carboxylic acids is 1. The number of ether oxygens (including phenoxy) is 2. The molecule has 8 heteroatoms. The molecule has 1 aliphatic heterocycles. The van der Waals surface area contributed by atoms with Gasteiger partial charge in [0.15, 0.2) is 6.29 Å². The Morgan fingerprint density at radius 2 is 1.38 bits per heavy atom. The van der Waals surface area contributed by atoms with Crippen LogP contribution in [0.4, 0.5) is 5.69 Å². The van der Waals surface area contributed by atoms with Crippen molar-refractivity contribution in [1.82, 2.24) is 4.90 Å². The molecule has 3 atom stereocenters. The second kappa shape index (κ2) is 17.5. The Bertz CT molecular complexity index is 1510. The van der Waals surface area contributed by atoms with Gasteiger partial charge >= 0.3 is 5.97 Å². The summed E-state index contributed by atoms with van der Waals surface area (Å²) in [4.78, 5) is 25.8. The highest BCUT2D eigenvalue weighted by Gasteiger charge is 2.33. The van der Waals surface area contributed by atoms with E-state index in [9.17, 15) is 14.7 Å². The lowest BCUT2D eigenvalue weighted by atomic mass is 9.99. The summed E-state index contributed by atoms with van der Waals surface area (Å²) in [5, 5.41) is 21.4. The maximum Gasteiger partial charge on any atom is 0.303 e. The molecule has 1 heterocycles. The van der Waals surface area contributed by atoms with Crippen LogP contribution in [0.2, 0.25) is 0 Å². The highest BCUT2D eigenvalue weighted by molar-refractivity contribution is 5.90. The van der Waals surface area contributed by atoms with Crippen molar-refractivity contribution in [1.29, 1.82) is 0 Å². The lowest BCUT2D eigenvalue weighted by molar-refractivity contribution is -0.253. The number of benzene rings is 4. The molecule has 3 N–H and O–H groups in total. The molecule has 1 fully saturated rings. The molecular formula is C39H44N2O6. The second-order valence-electron chi connectivity index (χ2n) is 12.1. The lowest BCUT2D eigenvalue weighted by Gasteiger charge is -2.38. The van der Waals surface area contributed by atoms with E-state index >= 15 is 0 Å². The van der Waals surface area contributed by atoms with Gasteiger partial charge in [0.25, 0.3) is 0 Å². The van der Waals surface area contributed by atoms with Crippen molar-refractivity contribution in [3.63, 3.8) is 0 Å². The lowest BCUT2D eigenvalue weighted by Crippen LogP contribution is -2.39. The van der Waals surface area contributed by atoms with Crippen LogP contribution in [0.3, 0.4) is 0 Å². The van der Waals surface area contributed by atoms with Crippen molar-refractivity contribution < 1.29 is 29.3 Å². The normalized spacial score (nSPS) is 17.8. The molecule has 0 aliphatic carbocycles. The number of rotatable bonds is 16. The minimum Gasteiger partial charge on any atom is -0.481 e. The SMILES string of the molecule is O=C(O)CCCCCC(=O)Nc1cccc(C2OC(CN(Cc3ccccc3)Cc3ccccc3)CC(c3ccc(CO)cc3)O2)c1. The van der Waals surface area contributed by atoms with Gasteiger partial charge < -0.3 is 25.0 Å². The number of carbonyl (C=O) groups excluding carboxylic acids is 1. The number of unbranched alkanes of at least 4 members (excludes halogenated alkanes) is 2.